The summed E-state index contributed by atoms with van der Waals surface area (Å²) < 4.78 is 1.21. The van der Waals surface area contributed by atoms with Crippen molar-refractivity contribution in [3.05, 3.63) is 17.8 Å². The number of aromatic nitrogens is 2. The highest BCUT2D eigenvalue weighted by Crippen LogP contribution is 2.28. The van der Waals surface area contributed by atoms with Crippen molar-refractivity contribution in [2.24, 2.45) is 0 Å². The molecule has 1 N–H and O–H groups in total. The lowest BCUT2D eigenvalue weighted by Gasteiger charge is -2.30. The Morgan fingerprint density at radius 1 is 1.42 bits per heavy atom. The molecule has 0 amide bonds. The highest BCUT2D eigenvalue weighted by atomic mass is 32.1. The fourth-order valence-corrected chi connectivity index (χ4v) is 3.57. The lowest BCUT2D eigenvalue weighted by atomic mass is 10.0. The molecule has 0 aromatic carbocycles. The van der Waals surface area contributed by atoms with Gasteiger partial charge in [-0.1, -0.05) is 6.42 Å². The first-order valence-electron chi connectivity index (χ1n) is 7.05. The van der Waals surface area contributed by atoms with E-state index in [0.717, 1.165) is 31.0 Å². The van der Waals surface area contributed by atoms with Crippen LogP contribution in [0, 0.1) is 0 Å². The number of likely N-dealkylation sites (N-methyl/N-ethyl adjacent to an activating group) is 1. The van der Waals surface area contributed by atoms with Gasteiger partial charge in [-0.15, -0.1) is 11.3 Å². The third-order valence-corrected chi connectivity index (χ3v) is 4.66. The summed E-state index contributed by atoms with van der Waals surface area (Å²) in [5.41, 5.74) is 1.06. The number of hydrogen-bond donors (Lipinski definition) is 1. The quantitative estimate of drug-likeness (QED) is 0.932. The van der Waals surface area contributed by atoms with Crippen LogP contribution in [0.4, 0.5) is 5.82 Å². The Kier molecular flexibility index (Phi) is 3.94. The fraction of sp³-hybridized carbons (Fsp3) is 0.571. The lowest BCUT2D eigenvalue weighted by Crippen LogP contribution is -2.44. The zero-order valence-corrected chi connectivity index (χ0v) is 12.1. The highest BCUT2D eigenvalue weighted by Gasteiger charge is 2.18. The minimum absolute atomic E-state index is 0.596. The van der Waals surface area contributed by atoms with E-state index in [1.807, 2.05) is 0 Å². The zero-order valence-electron chi connectivity index (χ0n) is 11.3. The smallest absolute Gasteiger partial charge is 0.150 e. The van der Waals surface area contributed by atoms with E-state index < -0.39 is 0 Å². The van der Waals surface area contributed by atoms with Gasteiger partial charge in [0.2, 0.25) is 0 Å². The van der Waals surface area contributed by atoms with Crippen molar-refractivity contribution in [2.75, 3.05) is 24.5 Å². The molecule has 0 saturated carbocycles. The van der Waals surface area contributed by atoms with Crippen LogP contribution in [0.15, 0.2) is 17.8 Å². The SMILES string of the molecule is CCN(CC1CCCCN1)c1ncnc2ccsc12. The highest BCUT2D eigenvalue weighted by molar-refractivity contribution is 7.17. The molecule has 1 atom stereocenters. The summed E-state index contributed by atoms with van der Waals surface area (Å²) in [6.07, 6.45) is 5.61. The first-order valence-corrected chi connectivity index (χ1v) is 7.93. The maximum Gasteiger partial charge on any atom is 0.150 e. The number of hydrogen-bond acceptors (Lipinski definition) is 5. The maximum absolute atomic E-state index is 4.51. The summed E-state index contributed by atoms with van der Waals surface area (Å²) in [7, 11) is 0. The van der Waals surface area contributed by atoms with Crippen LogP contribution in [0.3, 0.4) is 0 Å². The summed E-state index contributed by atoms with van der Waals surface area (Å²) >= 11 is 1.73. The molecule has 0 spiro atoms. The van der Waals surface area contributed by atoms with Gasteiger partial charge in [-0.2, -0.15) is 0 Å². The van der Waals surface area contributed by atoms with Crippen LogP contribution in [-0.2, 0) is 0 Å². The topological polar surface area (TPSA) is 41.0 Å². The second-order valence-corrected chi connectivity index (χ2v) is 5.93. The van der Waals surface area contributed by atoms with Gasteiger partial charge in [-0.3, -0.25) is 0 Å². The van der Waals surface area contributed by atoms with E-state index in [-0.39, 0.29) is 0 Å². The number of rotatable bonds is 4. The molecule has 1 aliphatic heterocycles. The molecule has 1 saturated heterocycles. The van der Waals surface area contributed by atoms with E-state index in [4.69, 9.17) is 0 Å². The lowest BCUT2D eigenvalue weighted by molar-refractivity contribution is 0.400. The largest absolute Gasteiger partial charge is 0.354 e. The summed E-state index contributed by atoms with van der Waals surface area (Å²) in [6.45, 7) is 5.38. The van der Waals surface area contributed by atoms with Crippen LogP contribution >= 0.6 is 11.3 Å². The number of fused-ring (bicyclic) bond motifs is 1. The number of anilines is 1. The zero-order chi connectivity index (χ0) is 13.1. The van der Waals surface area contributed by atoms with Crippen LogP contribution in [-0.4, -0.2) is 35.6 Å². The molecule has 4 nitrogen and oxygen atoms in total. The van der Waals surface area contributed by atoms with E-state index in [9.17, 15) is 0 Å². The average Bonchev–Trinajstić information content (AvgIpc) is 2.94. The molecule has 2 aromatic rings. The van der Waals surface area contributed by atoms with Gasteiger partial charge in [0, 0.05) is 19.1 Å². The average molecular weight is 276 g/mol. The molecular formula is C14H20N4S. The predicted molar refractivity (Wildman–Crippen MR) is 80.9 cm³/mol. The van der Waals surface area contributed by atoms with Crippen LogP contribution < -0.4 is 10.2 Å². The molecule has 1 aliphatic rings. The standard InChI is InChI=1S/C14H20N4S/c1-2-18(9-11-5-3-4-7-15-11)14-13-12(6-8-19-13)16-10-17-14/h6,8,10-11,15H,2-5,7,9H2,1H3. The molecule has 1 unspecified atom stereocenters. The Bertz CT molecular complexity index is 533. The van der Waals surface area contributed by atoms with Crippen molar-refractivity contribution < 1.29 is 0 Å². The molecule has 102 valence electrons. The summed E-state index contributed by atoms with van der Waals surface area (Å²) in [6, 6.07) is 2.66. The molecule has 19 heavy (non-hydrogen) atoms. The number of nitrogens with zero attached hydrogens (tertiary/aromatic N) is 3. The van der Waals surface area contributed by atoms with Gasteiger partial charge >= 0.3 is 0 Å². The predicted octanol–water partition coefficient (Wildman–Crippen LogP) is 2.66. The van der Waals surface area contributed by atoms with Crippen molar-refractivity contribution in [1.82, 2.24) is 15.3 Å². The molecule has 0 radical (unpaired) electrons. The second kappa shape index (κ2) is 5.84. The molecule has 3 heterocycles. The summed E-state index contributed by atoms with van der Waals surface area (Å²) in [5.74, 6) is 1.09. The Hall–Kier alpha value is -1.20. The molecule has 3 rings (SSSR count). The summed E-state index contributed by atoms with van der Waals surface area (Å²) in [4.78, 5) is 11.2. The van der Waals surface area contributed by atoms with E-state index in [2.05, 4.69) is 38.6 Å². The number of nitrogens with one attached hydrogen (secondary N) is 1. The maximum atomic E-state index is 4.51. The molecule has 5 heteroatoms. The Balaban J connectivity index is 1.82. The molecule has 0 bridgehead atoms. The van der Waals surface area contributed by atoms with Gasteiger partial charge in [0.1, 0.15) is 12.1 Å². The van der Waals surface area contributed by atoms with Gasteiger partial charge in [-0.25, -0.2) is 9.97 Å². The fourth-order valence-electron chi connectivity index (χ4n) is 2.71. The van der Waals surface area contributed by atoms with E-state index in [1.165, 1.54) is 24.0 Å². The van der Waals surface area contributed by atoms with Crippen molar-refractivity contribution >= 4 is 27.4 Å². The van der Waals surface area contributed by atoms with Gasteiger partial charge in [-0.05, 0) is 37.8 Å². The Morgan fingerprint density at radius 3 is 3.16 bits per heavy atom. The Labute approximate surface area is 117 Å². The number of thiophene rings is 1. The molecule has 0 aliphatic carbocycles. The van der Waals surface area contributed by atoms with Gasteiger partial charge in [0.25, 0.3) is 0 Å². The molecular weight excluding hydrogens is 256 g/mol. The van der Waals surface area contributed by atoms with Crippen LogP contribution in [0.2, 0.25) is 0 Å². The monoisotopic (exact) mass is 276 g/mol. The third kappa shape index (κ3) is 2.72. The van der Waals surface area contributed by atoms with Gasteiger partial charge < -0.3 is 10.2 Å². The summed E-state index contributed by atoms with van der Waals surface area (Å²) in [5, 5.41) is 5.71. The van der Waals surface area contributed by atoms with Crippen LogP contribution in [0.1, 0.15) is 26.2 Å². The minimum Gasteiger partial charge on any atom is -0.354 e. The first kappa shape index (κ1) is 12.8. The van der Waals surface area contributed by atoms with E-state index in [0.29, 0.717) is 6.04 Å². The minimum atomic E-state index is 0.596. The van der Waals surface area contributed by atoms with Crippen molar-refractivity contribution in [1.29, 1.82) is 0 Å². The van der Waals surface area contributed by atoms with Crippen molar-refractivity contribution in [3.8, 4) is 0 Å². The van der Waals surface area contributed by atoms with Crippen LogP contribution in [0.5, 0.6) is 0 Å². The molecule has 1 fully saturated rings. The molecule has 2 aromatic heterocycles. The third-order valence-electron chi connectivity index (χ3n) is 3.76. The Morgan fingerprint density at radius 2 is 2.37 bits per heavy atom. The van der Waals surface area contributed by atoms with E-state index >= 15 is 0 Å². The second-order valence-electron chi connectivity index (χ2n) is 5.02. The van der Waals surface area contributed by atoms with Crippen LogP contribution in [0.25, 0.3) is 10.2 Å². The van der Waals surface area contributed by atoms with Crippen molar-refractivity contribution in [3.63, 3.8) is 0 Å². The number of piperidine rings is 1. The van der Waals surface area contributed by atoms with Gasteiger partial charge in [0.05, 0.1) is 10.2 Å². The van der Waals surface area contributed by atoms with E-state index in [1.54, 1.807) is 17.7 Å². The van der Waals surface area contributed by atoms with Crippen molar-refractivity contribution in [2.45, 2.75) is 32.2 Å². The normalized spacial score (nSPS) is 19.7. The van der Waals surface area contributed by atoms with Gasteiger partial charge in [0.15, 0.2) is 0 Å². The first-order chi connectivity index (χ1) is 9.38.